The van der Waals surface area contributed by atoms with Gasteiger partial charge in [-0.25, -0.2) is 4.79 Å². The Bertz CT molecular complexity index is 258. The minimum atomic E-state index is -4.16. The van der Waals surface area contributed by atoms with Gasteiger partial charge in [0.25, 0.3) is 0 Å². The molecule has 1 rings (SSSR count). The van der Waals surface area contributed by atoms with Crippen molar-refractivity contribution in [1.29, 1.82) is 0 Å². The molecule has 68 valence electrons. The van der Waals surface area contributed by atoms with Crippen LogP contribution < -0.4 is 5.32 Å². The molecule has 0 aromatic heterocycles. The second-order valence-electron chi connectivity index (χ2n) is 2.35. The van der Waals surface area contributed by atoms with Crippen molar-refractivity contribution in [2.24, 2.45) is 0 Å². The maximum absolute atomic E-state index is 10.9. The number of nitrogens with zero attached hydrogens (tertiary/aromatic N) is 1. The van der Waals surface area contributed by atoms with Gasteiger partial charge in [0.15, 0.2) is 0 Å². The summed E-state index contributed by atoms with van der Waals surface area (Å²) in [6.45, 7) is 0.399. The molecule has 0 saturated carbocycles. The van der Waals surface area contributed by atoms with E-state index in [0.29, 0.717) is 6.54 Å². The molecule has 7 heteroatoms. The molecule has 1 heterocycles. The average Bonchev–Trinajstić information content (AvgIpc) is 1.91. The topological polar surface area (TPSA) is 89.9 Å². The maximum Gasteiger partial charge on any atom is 0.345 e. The molecule has 0 radical (unpaired) electrons. The van der Waals surface area contributed by atoms with Crippen LogP contribution in [0.2, 0.25) is 0 Å². The number of carbonyl (C=O) groups excluding carboxylic acids is 1. The van der Waals surface area contributed by atoms with Gasteiger partial charge in [0.05, 0.1) is 0 Å². The second-order valence-corrected chi connectivity index (χ2v) is 3.96. The van der Waals surface area contributed by atoms with Crippen LogP contribution in [0.4, 0.5) is 4.79 Å². The van der Waals surface area contributed by atoms with E-state index in [1.165, 1.54) is 6.20 Å². The van der Waals surface area contributed by atoms with Gasteiger partial charge in [-0.1, -0.05) is 0 Å². The Morgan fingerprint density at radius 1 is 1.67 bits per heavy atom. The van der Waals surface area contributed by atoms with Gasteiger partial charge in [0.2, 0.25) is 0 Å². The Kier molecular flexibility index (Phi) is 2.52. The predicted octanol–water partition coefficient (Wildman–Crippen LogP) is -0.340. The SMILES string of the molecule is O=C1NCC=CN1CP(=O)(O)O. The van der Waals surface area contributed by atoms with Crippen LogP contribution in [0.5, 0.6) is 0 Å². The summed E-state index contributed by atoms with van der Waals surface area (Å²) in [7, 11) is -4.16. The van der Waals surface area contributed by atoms with Gasteiger partial charge in [-0.2, -0.15) is 0 Å². The Labute approximate surface area is 69.0 Å². The number of rotatable bonds is 2. The minimum Gasteiger partial charge on any atom is -0.334 e. The van der Waals surface area contributed by atoms with Gasteiger partial charge in [0.1, 0.15) is 6.29 Å². The van der Waals surface area contributed by atoms with Crippen molar-refractivity contribution in [2.75, 3.05) is 12.8 Å². The summed E-state index contributed by atoms with van der Waals surface area (Å²) in [6, 6.07) is -0.485. The lowest BCUT2D eigenvalue weighted by molar-refractivity contribution is 0.215. The van der Waals surface area contributed by atoms with Crippen LogP contribution in [-0.2, 0) is 4.57 Å². The Balaban J connectivity index is 2.62. The van der Waals surface area contributed by atoms with E-state index in [1.54, 1.807) is 6.08 Å². The summed E-state index contributed by atoms with van der Waals surface area (Å²) in [5.74, 6) is 0. The third kappa shape index (κ3) is 2.65. The van der Waals surface area contributed by atoms with E-state index in [1.807, 2.05) is 0 Å². The third-order valence-electron chi connectivity index (χ3n) is 1.25. The van der Waals surface area contributed by atoms with Gasteiger partial charge in [0, 0.05) is 12.7 Å². The molecule has 6 nitrogen and oxygen atoms in total. The number of hydrogen-bond acceptors (Lipinski definition) is 2. The molecule has 0 aromatic rings. The molecule has 0 atom stereocenters. The highest BCUT2D eigenvalue weighted by Gasteiger charge is 2.22. The largest absolute Gasteiger partial charge is 0.345 e. The monoisotopic (exact) mass is 192 g/mol. The smallest absolute Gasteiger partial charge is 0.334 e. The van der Waals surface area contributed by atoms with Crippen LogP contribution in [0.25, 0.3) is 0 Å². The van der Waals surface area contributed by atoms with Crippen LogP contribution in [0.1, 0.15) is 0 Å². The Hall–Kier alpha value is -0.840. The van der Waals surface area contributed by atoms with E-state index in [2.05, 4.69) is 5.32 Å². The highest BCUT2D eigenvalue weighted by atomic mass is 31.2. The van der Waals surface area contributed by atoms with Crippen LogP contribution in [-0.4, -0.2) is 33.5 Å². The first-order valence-electron chi connectivity index (χ1n) is 3.25. The molecule has 1 aliphatic heterocycles. The van der Waals surface area contributed by atoms with Gasteiger partial charge in [-0.05, 0) is 6.08 Å². The van der Waals surface area contributed by atoms with Gasteiger partial charge in [-0.15, -0.1) is 0 Å². The van der Waals surface area contributed by atoms with Gasteiger partial charge < -0.3 is 15.1 Å². The van der Waals surface area contributed by atoms with E-state index in [0.717, 1.165) is 4.90 Å². The summed E-state index contributed by atoms with van der Waals surface area (Å²) in [6.07, 6.45) is 2.39. The summed E-state index contributed by atoms with van der Waals surface area (Å²) < 4.78 is 10.5. The Morgan fingerprint density at radius 2 is 2.33 bits per heavy atom. The molecule has 0 bridgehead atoms. The fraction of sp³-hybridized carbons (Fsp3) is 0.400. The number of carbonyl (C=O) groups is 1. The summed E-state index contributed by atoms with van der Waals surface area (Å²) in [5, 5.41) is 2.41. The fourth-order valence-electron chi connectivity index (χ4n) is 0.805. The maximum atomic E-state index is 10.9. The van der Waals surface area contributed by atoms with Crippen molar-refractivity contribution >= 4 is 13.6 Å². The normalized spacial score (nSPS) is 17.8. The zero-order chi connectivity index (χ0) is 9.19. The van der Waals surface area contributed by atoms with Gasteiger partial charge >= 0.3 is 13.6 Å². The molecule has 0 spiro atoms. The van der Waals surface area contributed by atoms with E-state index < -0.39 is 19.9 Å². The molecular formula is C5H9N2O4P. The highest BCUT2D eigenvalue weighted by Crippen LogP contribution is 2.35. The van der Waals surface area contributed by atoms with Crippen LogP contribution in [0.15, 0.2) is 12.3 Å². The van der Waals surface area contributed by atoms with Crippen molar-refractivity contribution in [3.05, 3.63) is 12.3 Å². The molecule has 12 heavy (non-hydrogen) atoms. The molecule has 0 aliphatic carbocycles. The molecule has 0 saturated heterocycles. The predicted molar refractivity (Wildman–Crippen MR) is 41.3 cm³/mol. The first-order chi connectivity index (χ1) is 5.49. The fourth-order valence-corrected chi connectivity index (χ4v) is 1.42. The summed E-state index contributed by atoms with van der Waals surface area (Å²) in [4.78, 5) is 28.9. The number of hydrogen-bond donors (Lipinski definition) is 3. The van der Waals surface area contributed by atoms with Crippen molar-refractivity contribution in [2.45, 2.75) is 0 Å². The molecule has 0 unspecified atom stereocenters. The number of nitrogens with one attached hydrogen (secondary N) is 1. The van der Waals surface area contributed by atoms with E-state index in [-0.39, 0.29) is 0 Å². The van der Waals surface area contributed by atoms with Crippen molar-refractivity contribution in [3.8, 4) is 0 Å². The molecule has 3 N–H and O–H groups in total. The van der Waals surface area contributed by atoms with Crippen molar-refractivity contribution in [3.63, 3.8) is 0 Å². The van der Waals surface area contributed by atoms with Gasteiger partial charge in [-0.3, -0.25) is 9.46 Å². The molecular weight excluding hydrogens is 183 g/mol. The van der Waals surface area contributed by atoms with E-state index >= 15 is 0 Å². The zero-order valence-corrected chi connectivity index (χ0v) is 7.07. The number of amides is 2. The quantitative estimate of drug-likeness (QED) is 0.522. The lowest BCUT2D eigenvalue weighted by Crippen LogP contribution is -2.40. The highest BCUT2D eigenvalue weighted by molar-refractivity contribution is 7.51. The van der Waals surface area contributed by atoms with E-state index in [4.69, 9.17) is 9.79 Å². The van der Waals surface area contributed by atoms with Crippen LogP contribution in [0.3, 0.4) is 0 Å². The van der Waals surface area contributed by atoms with Crippen LogP contribution in [0, 0.1) is 0 Å². The van der Waals surface area contributed by atoms with E-state index in [9.17, 15) is 9.36 Å². The first kappa shape index (κ1) is 9.25. The number of urea groups is 1. The summed E-state index contributed by atoms with van der Waals surface area (Å²) >= 11 is 0. The molecule has 0 fully saturated rings. The average molecular weight is 192 g/mol. The minimum absolute atomic E-state index is 0.399. The lowest BCUT2D eigenvalue weighted by atomic mass is 10.5. The van der Waals surface area contributed by atoms with Crippen molar-refractivity contribution in [1.82, 2.24) is 10.2 Å². The standard InChI is InChI=1S/C5H9N2O4P/c8-5-6-2-1-3-7(5)4-12(9,10)11/h1,3H,2,4H2,(H,6,8)(H2,9,10,11). The zero-order valence-electron chi connectivity index (χ0n) is 6.17. The third-order valence-corrected chi connectivity index (χ3v) is 1.93. The Morgan fingerprint density at radius 3 is 2.83 bits per heavy atom. The first-order valence-corrected chi connectivity index (χ1v) is 5.04. The molecule has 1 aliphatic rings. The molecule has 2 amide bonds. The molecule has 0 aromatic carbocycles. The summed E-state index contributed by atoms with van der Waals surface area (Å²) in [5.41, 5.74) is 0. The van der Waals surface area contributed by atoms with Crippen LogP contribution >= 0.6 is 7.60 Å². The van der Waals surface area contributed by atoms with Crippen molar-refractivity contribution < 1.29 is 19.1 Å². The second kappa shape index (κ2) is 3.26. The lowest BCUT2D eigenvalue weighted by Gasteiger charge is -2.22.